The van der Waals surface area contributed by atoms with Crippen LogP contribution in [0.1, 0.15) is 20.3 Å². The van der Waals surface area contributed by atoms with Crippen LogP contribution in [0.5, 0.6) is 0 Å². The van der Waals surface area contributed by atoms with E-state index in [0.717, 1.165) is 0 Å². The topological polar surface area (TPSA) is 52.6 Å². The van der Waals surface area contributed by atoms with Crippen LogP contribution in [-0.2, 0) is 19.1 Å². The Bertz CT molecular complexity index is 354. The maximum atomic E-state index is 11.5. The molecule has 0 radical (unpaired) electrons. The molecule has 1 fully saturated rings. The van der Waals surface area contributed by atoms with E-state index in [0.29, 0.717) is 17.6 Å². The van der Waals surface area contributed by atoms with Crippen molar-refractivity contribution >= 4 is 11.9 Å². The maximum Gasteiger partial charge on any atom is 0.354 e. The van der Waals surface area contributed by atoms with E-state index in [4.69, 9.17) is 4.74 Å². The zero-order valence-electron chi connectivity index (χ0n) is 9.12. The minimum atomic E-state index is -1.35. The molecule has 0 aromatic carbocycles. The van der Waals surface area contributed by atoms with Gasteiger partial charge in [0.25, 0.3) is 0 Å². The molecule has 1 aliphatic heterocycles. The van der Waals surface area contributed by atoms with Crippen LogP contribution >= 0.6 is 0 Å². The van der Waals surface area contributed by atoms with Gasteiger partial charge in [-0.05, 0) is 19.4 Å². The molecule has 0 aliphatic carbocycles. The van der Waals surface area contributed by atoms with Gasteiger partial charge >= 0.3 is 11.9 Å². The Kier molecular flexibility index (Phi) is 2.98. The highest BCUT2D eigenvalue weighted by Crippen LogP contribution is 2.33. The average Bonchev–Trinajstić information content (AvgIpc) is 2.22. The van der Waals surface area contributed by atoms with E-state index in [2.05, 4.69) is 11.3 Å². The molecule has 0 saturated carbocycles. The van der Waals surface area contributed by atoms with Crippen LogP contribution in [0.2, 0.25) is 0 Å². The van der Waals surface area contributed by atoms with E-state index in [1.54, 1.807) is 13.0 Å². The summed E-state index contributed by atoms with van der Waals surface area (Å²) >= 11 is 0. The number of ether oxygens (including phenoxy) is 2. The molecule has 15 heavy (non-hydrogen) atoms. The molecular formula is C11H14O4. The van der Waals surface area contributed by atoms with Gasteiger partial charge in [0.05, 0.1) is 7.11 Å². The summed E-state index contributed by atoms with van der Waals surface area (Å²) in [6.07, 6.45) is 2.01. The van der Waals surface area contributed by atoms with Crippen LogP contribution in [0.25, 0.3) is 0 Å². The molecule has 0 aromatic rings. The summed E-state index contributed by atoms with van der Waals surface area (Å²) in [5, 5.41) is 0. The van der Waals surface area contributed by atoms with Crippen molar-refractivity contribution in [1.29, 1.82) is 0 Å². The minimum absolute atomic E-state index is 0.348. The monoisotopic (exact) mass is 210 g/mol. The average molecular weight is 210 g/mol. The van der Waals surface area contributed by atoms with Crippen LogP contribution in [0.4, 0.5) is 0 Å². The van der Waals surface area contributed by atoms with Gasteiger partial charge in [0.15, 0.2) is 0 Å². The van der Waals surface area contributed by atoms with Gasteiger partial charge in [-0.3, -0.25) is 0 Å². The molecule has 82 valence electrons. The van der Waals surface area contributed by atoms with Crippen LogP contribution in [0.3, 0.4) is 0 Å². The fourth-order valence-electron chi connectivity index (χ4n) is 1.39. The summed E-state index contributed by atoms with van der Waals surface area (Å²) in [5.41, 5.74) is -0.304. The minimum Gasteiger partial charge on any atom is -0.466 e. The second-order valence-corrected chi connectivity index (χ2v) is 3.51. The number of cyclic esters (lactones) is 1. The number of carbonyl (C=O) groups is 2. The lowest BCUT2D eigenvalue weighted by Crippen LogP contribution is -2.46. The standard InChI is InChI=1S/C11H14O4/c1-5-8-6-7(2)11(3,10(13)14-4)15-9(8)12/h5H,2,6H2,1,3-4H3/b8-5+. The smallest absolute Gasteiger partial charge is 0.354 e. The molecule has 0 N–H and O–H groups in total. The van der Waals surface area contributed by atoms with E-state index in [1.807, 2.05) is 0 Å². The number of rotatable bonds is 1. The van der Waals surface area contributed by atoms with Crippen molar-refractivity contribution in [2.45, 2.75) is 25.9 Å². The van der Waals surface area contributed by atoms with Crippen molar-refractivity contribution in [3.8, 4) is 0 Å². The van der Waals surface area contributed by atoms with Crippen molar-refractivity contribution in [2.75, 3.05) is 7.11 Å². The molecule has 1 heterocycles. The zero-order valence-corrected chi connectivity index (χ0v) is 9.12. The number of hydrogen-bond donors (Lipinski definition) is 0. The molecular weight excluding hydrogens is 196 g/mol. The Morgan fingerprint density at radius 1 is 1.67 bits per heavy atom. The van der Waals surface area contributed by atoms with Crippen LogP contribution < -0.4 is 0 Å². The van der Waals surface area contributed by atoms with Crippen LogP contribution in [0.15, 0.2) is 23.8 Å². The van der Waals surface area contributed by atoms with E-state index >= 15 is 0 Å². The first kappa shape index (κ1) is 11.5. The van der Waals surface area contributed by atoms with Gasteiger partial charge in [0, 0.05) is 12.0 Å². The SMILES string of the molecule is C=C1C/C(=C\C)C(=O)OC1(C)C(=O)OC. The Morgan fingerprint density at radius 3 is 2.73 bits per heavy atom. The number of hydrogen-bond acceptors (Lipinski definition) is 4. The summed E-state index contributed by atoms with van der Waals surface area (Å²) in [4.78, 5) is 22.9. The number of carbonyl (C=O) groups excluding carboxylic acids is 2. The molecule has 1 atom stereocenters. The Hall–Kier alpha value is -1.58. The first-order valence-corrected chi connectivity index (χ1v) is 4.61. The van der Waals surface area contributed by atoms with E-state index in [9.17, 15) is 9.59 Å². The highest BCUT2D eigenvalue weighted by Gasteiger charge is 2.45. The van der Waals surface area contributed by atoms with E-state index < -0.39 is 17.5 Å². The summed E-state index contributed by atoms with van der Waals surface area (Å²) < 4.78 is 9.64. The van der Waals surface area contributed by atoms with Crippen molar-refractivity contribution in [3.63, 3.8) is 0 Å². The molecule has 0 amide bonds. The second kappa shape index (κ2) is 3.88. The zero-order chi connectivity index (χ0) is 11.6. The Labute approximate surface area is 88.6 Å². The maximum absolute atomic E-state index is 11.5. The summed E-state index contributed by atoms with van der Waals surface area (Å²) in [5.74, 6) is -1.09. The van der Waals surface area contributed by atoms with Gasteiger partial charge in [-0.15, -0.1) is 0 Å². The van der Waals surface area contributed by atoms with E-state index in [-0.39, 0.29) is 0 Å². The van der Waals surface area contributed by atoms with Crippen LogP contribution in [-0.4, -0.2) is 24.6 Å². The lowest BCUT2D eigenvalue weighted by Gasteiger charge is -2.33. The molecule has 1 aliphatic rings. The van der Waals surface area contributed by atoms with Gasteiger partial charge in [-0.1, -0.05) is 12.7 Å². The van der Waals surface area contributed by atoms with Crippen molar-refractivity contribution in [3.05, 3.63) is 23.8 Å². The third kappa shape index (κ3) is 1.79. The van der Waals surface area contributed by atoms with E-state index in [1.165, 1.54) is 14.0 Å². The fraction of sp³-hybridized carbons (Fsp3) is 0.455. The lowest BCUT2D eigenvalue weighted by atomic mass is 9.88. The Morgan fingerprint density at radius 2 is 2.27 bits per heavy atom. The third-order valence-corrected chi connectivity index (χ3v) is 2.56. The largest absolute Gasteiger partial charge is 0.466 e. The summed E-state index contributed by atoms with van der Waals surface area (Å²) in [6.45, 7) is 6.98. The van der Waals surface area contributed by atoms with Crippen molar-refractivity contribution in [1.82, 2.24) is 0 Å². The summed E-state index contributed by atoms with van der Waals surface area (Å²) in [6, 6.07) is 0. The predicted octanol–water partition coefficient (Wildman–Crippen LogP) is 1.37. The van der Waals surface area contributed by atoms with Crippen LogP contribution in [0, 0.1) is 0 Å². The highest BCUT2D eigenvalue weighted by atomic mass is 16.6. The van der Waals surface area contributed by atoms with Gasteiger partial charge in [0.1, 0.15) is 0 Å². The number of esters is 2. The first-order valence-electron chi connectivity index (χ1n) is 4.61. The number of allylic oxidation sites excluding steroid dienone is 1. The van der Waals surface area contributed by atoms with Gasteiger partial charge < -0.3 is 9.47 Å². The molecule has 4 heteroatoms. The lowest BCUT2D eigenvalue weighted by molar-refractivity contribution is -0.174. The Balaban J connectivity index is 3.02. The molecule has 1 saturated heterocycles. The molecule has 1 unspecified atom stereocenters. The highest BCUT2D eigenvalue weighted by molar-refractivity contribution is 5.96. The molecule has 4 nitrogen and oxygen atoms in total. The van der Waals surface area contributed by atoms with Crippen molar-refractivity contribution in [2.24, 2.45) is 0 Å². The van der Waals surface area contributed by atoms with Gasteiger partial charge in [0.2, 0.25) is 5.60 Å². The first-order chi connectivity index (χ1) is 6.95. The van der Waals surface area contributed by atoms with Gasteiger partial charge in [-0.2, -0.15) is 0 Å². The third-order valence-electron chi connectivity index (χ3n) is 2.56. The quantitative estimate of drug-likeness (QED) is 0.372. The molecule has 1 rings (SSSR count). The van der Waals surface area contributed by atoms with Crippen molar-refractivity contribution < 1.29 is 19.1 Å². The molecule has 0 bridgehead atoms. The normalized spacial score (nSPS) is 28.9. The fourth-order valence-corrected chi connectivity index (χ4v) is 1.39. The predicted molar refractivity (Wildman–Crippen MR) is 54.0 cm³/mol. The van der Waals surface area contributed by atoms with Gasteiger partial charge in [-0.25, -0.2) is 9.59 Å². The summed E-state index contributed by atoms with van der Waals surface area (Å²) in [7, 11) is 1.25. The molecule has 0 spiro atoms. The molecule has 0 aromatic heterocycles. The number of methoxy groups -OCH3 is 1. The second-order valence-electron chi connectivity index (χ2n) is 3.51.